The summed E-state index contributed by atoms with van der Waals surface area (Å²) in [4.78, 5) is 11.3. The third-order valence-corrected chi connectivity index (χ3v) is 4.72. The average Bonchev–Trinajstić information content (AvgIpc) is 2.35. The largest absolute Gasteiger partial charge is 0.462 e. The van der Waals surface area contributed by atoms with Crippen LogP contribution in [0.4, 0.5) is 0 Å². The van der Waals surface area contributed by atoms with Crippen LogP contribution in [0.5, 0.6) is 0 Å². The number of halogens is 3. The van der Waals surface area contributed by atoms with Crippen LogP contribution in [0, 0.1) is 0 Å². The summed E-state index contributed by atoms with van der Waals surface area (Å²) in [5.74, 6) is -0.446. The van der Waals surface area contributed by atoms with Crippen molar-refractivity contribution in [3.8, 4) is 0 Å². The SMILES string of the molecule is O=C(C=C=Cc1ccccc1)OCCC[Si](Cl)(Cl)Cl. The van der Waals surface area contributed by atoms with Gasteiger partial charge >= 0.3 is 12.0 Å². The van der Waals surface area contributed by atoms with Crippen molar-refractivity contribution in [2.24, 2.45) is 0 Å². The van der Waals surface area contributed by atoms with E-state index in [0.29, 0.717) is 12.5 Å². The van der Waals surface area contributed by atoms with Gasteiger partial charge in [-0.1, -0.05) is 30.3 Å². The molecule has 6 heteroatoms. The van der Waals surface area contributed by atoms with E-state index in [2.05, 4.69) is 5.73 Å². The summed E-state index contributed by atoms with van der Waals surface area (Å²) < 4.78 is 4.94. The molecule has 0 radical (unpaired) electrons. The van der Waals surface area contributed by atoms with Gasteiger partial charge in [0.05, 0.1) is 12.7 Å². The zero-order chi connectivity index (χ0) is 14.1. The molecule has 2 nitrogen and oxygen atoms in total. The molecule has 0 aliphatic rings. The predicted molar refractivity (Wildman–Crippen MR) is 82.7 cm³/mol. The van der Waals surface area contributed by atoms with Crippen LogP contribution >= 0.6 is 33.2 Å². The fourth-order valence-corrected chi connectivity index (χ4v) is 2.99. The average molecular weight is 336 g/mol. The summed E-state index contributed by atoms with van der Waals surface area (Å²) in [7, 11) is 0. The van der Waals surface area contributed by atoms with Crippen molar-refractivity contribution in [1.29, 1.82) is 0 Å². The third kappa shape index (κ3) is 8.92. The van der Waals surface area contributed by atoms with Crippen molar-refractivity contribution in [2.75, 3.05) is 6.61 Å². The molecule has 0 bridgehead atoms. The molecule has 1 aromatic rings. The number of carbonyl (C=O) groups excluding carboxylic acids is 1. The second-order valence-electron chi connectivity index (χ2n) is 3.75. The molecule has 102 valence electrons. The molecule has 0 saturated carbocycles. The fraction of sp³-hybridized carbons (Fsp3) is 0.231. The Morgan fingerprint density at radius 1 is 1.26 bits per heavy atom. The summed E-state index contributed by atoms with van der Waals surface area (Å²) in [6.07, 6.45) is 3.51. The second kappa shape index (κ2) is 8.46. The van der Waals surface area contributed by atoms with Gasteiger partial charge in [0.15, 0.2) is 0 Å². The van der Waals surface area contributed by atoms with Crippen LogP contribution < -0.4 is 0 Å². The lowest BCUT2D eigenvalue weighted by atomic mass is 10.2. The molecule has 0 unspecified atom stereocenters. The Labute approximate surface area is 127 Å². The number of esters is 1. The lowest BCUT2D eigenvalue weighted by Gasteiger charge is -2.06. The maximum absolute atomic E-state index is 11.3. The van der Waals surface area contributed by atoms with Crippen molar-refractivity contribution < 1.29 is 9.53 Å². The normalized spacial score (nSPS) is 10.5. The Morgan fingerprint density at radius 2 is 1.95 bits per heavy atom. The molecule has 0 N–H and O–H groups in total. The lowest BCUT2D eigenvalue weighted by Crippen LogP contribution is -2.11. The van der Waals surface area contributed by atoms with Gasteiger partial charge in [-0.25, -0.2) is 4.79 Å². The Hall–Kier alpha value is -0.703. The maximum atomic E-state index is 11.3. The standard InChI is InChI=1S/C13H13Cl3O2Si/c14-19(15,16)11-5-10-18-13(17)9-4-8-12-6-2-1-3-7-12/h1-3,6-9H,5,10-11H2. The molecule has 0 aliphatic carbocycles. The van der Waals surface area contributed by atoms with Gasteiger partial charge in [0, 0.05) is 0 Å². The first-order chi connectivity index (χ1) is 8.97. The molecule has 0 aliphatic heterocycles. The van der Waals surface area contributed by atoms with Crippen LogP contribution in [0.2, 0.25) is 6.04 Å². The van der Waals surface area contributed by atoms with Crippen LogP contribution in [0.15, 0.2) is 42.1 Å². The maximum Gasteiger partial charge on any atom is 0.341 e. The molecule has 0 amide bonds. The van der Waals surface area contributed by atoms with Gasteiger partial charge < -0.3 is 4.74 Å². The summed E-state index contributed by atoms with van der Waals surface area (Å²) in [6, 6.07) is 7.44. The van der Waals surface area contributed by atoms with Crippen molar-refractivity contribution in [2.45, 2.75) is 12.5 Å². The molecule has 0 fully saturated rings. The zero-order valence-corrected chi connectivity index (χ0v) is 13.4. The van der Waals surface area contributed by atoms with E-state index in [1.165, 1.54) is 6.08 Å². The molecule has 0 atom stereocenters. The highest BCUT2D eigenvalue weighted by Gasteiger charge is 2.23. The first-order valence-corrected chi connectivity index (χ1v) is 10.9. The van der Waals surface area contributed by atoms with Gasteiger partial charge in [-0.3, -0.25) is 0 Å². The van der Waals surface area contributed by atoms with Crippen molar-refractivity contribution >= 4 is 51.3 Å². The smallest absolute Gasteiger partial charge is 0.341 e. The molecule has 1 aromatic carbocycles. The van der Waals surface area contributed by atoms with E-state index in [1.54, 1.807) is 6.08 Å². The lowest BCUT2D eigenvalue weighted by molar-refractivity contribution is -0.137. The number of benzene rings is 1. The number of carbonyl (C=O) groups is 1. The minimum atomic E-state index is -2.61. The van der Waals surface area contributed by atoms with Crippen LogP contribution in [0.1, 0.15) is 12.0 Å². The highest BCUT2D eigenvalue weighted by Crippen LogP contribution is 2.26. The summed E-state index contributed by atoms with van der Waals surface area (Å²) in [6.45, 7) is 0.253. The molecule has 19 heavy (non-hydrogen) atoms. The Balaban J connectivity index is 2.30. The molecule has 1 rings (SSSR count). The predicted octanol–water partition coefficient (Wildman–Crippen LogP) is 4.44. The van der Waals surface area contributed by atoms with Crippen molar-refractivity contribution in [1.82, 2.24) is 0 Å². The van der Waals surface area contributed by atoms with Gasteiger partial charge in [-0.15, -0.1) is 39.0 Å². The van der Waals surface area contributed by atoms with E-state index in [9.17, 15) is 4.79 Å². The van der Waals surface area contributed by atoms with Gasteiger partial charge in [0.25, 0.3) is 0 Å². The number of hydrogen-bond acceptors (Lipinski definition) is 2. The van der Waals surface area contributed by atoms with E-state index < -0.39 is 12.0 Å². The highest BCUT2D eigenvalue weighted by molar-refractivity contribution is 7.64. The quantitative estimate of drug-likeness (QED) is 0.192. The van der Waals surface area contributed by atoms with Crippen molar-refractivity contribution in [3.63, 3.8) is 0 Å². The van der Waals surface area contributed by atoms with E-state index in [-0.39, 0.29) is 6.61 Å². The summed E-state index contributed by atoms with van der Waals surface area (Å²) >= 11 is 17.1. The number of ether oxygens (including phenoxy) is 1. The monoisotopic (exact) mass is 334 g/mol. The second-order valence-corrected chi connectivity index (χ2v) is 13.0. The Bertz CT molecular complexity index is 463. The Kier molecular flexibility index (Phi) is 7.28. The van der Waals surface area contributed by atoms with Crippen molar-refractivity contribution in [3.05, 3.63) is 47.7 Å². The minimum Gasteiger partial charge on any atom is -0.462 e. The van der Waals surface area contributed by atoms with E-state index in [0.717, 1.165) is 5.56 Å². The first-order valence-electron chi connectivity index (χ1n) is 5.68. The summed E-state index contributed by atoms with van der Waals surface area (Å²) in [5.41, 5.74) is 3.73. The van der Waals surface area contributed by atoms with Crippen LogP contribution in [-0.4, -0.2) is 18.6 Å². The van der Waals surface area contributed by atoms with Gasteiger partial charge in [0.1, 0.15) is 0 Å². The minimum absolute atomic E-state index is 0.253. The van der Waals surface area contributed by atoms with Crippen LogP contribution in [0.25, 0.3) is 6.08 Å². The molecular formula is C13H13Cl3O2Si. The Morgan fingerprint density at radius 3 is 2.58 bits per heavy atom. The molecule has 0 saturated heterocycles. The van der Waals surface area contributed by atoms with Gasteiger partial charge in [-0.2, -0.15) is 0 Å². The van der Waals surface area contributed by atoms with E-state index in [4.69, 9.17) is 38.0 Å². The zero-order valence-electron chi connectivity index (χ0n) is 10.1. The third-order valence-electron chi connectivity index (χ3n) is 2.10. The van der Waals surface area contributed by atoms with Crippen LogP contribution in [-0.2, 0) is 9.53 Å². The summed E-state index contributed by atoms with van der Waals surface area (Å²) in [5, 5.41) is 0. The highest BCUT2D eigenvalue weighted by atomic mass is 35.8. The van der Waals surface area contributed by atoms with Crippen LogP contribution in [0.3, 0.4) is 0 Å². The molecule has 0 spiro atoms. The van der Waals surface area contributed by atoms with E-state index in [1.807, 2.05) is 30.3 Å². The topological polar surface area (TPSA) is 26.3 Å². The number of hydrogen-bond donors (Lipinski definition) is 0. The van der Waals surface area contributed by atoms with Gasteiger partial charge in [-0.05, 0) is 24.1 Å². The molecule has 0 heterocycles. The van der Waals surface area contributed by atoms with Gasteiger partial charge in [0.2, 0.25) is 0 Å². The molecule has 0 aromatic heterocycles. The van der Waals surface area contributed by atoms with E-state index >= 15 is 0 Å². The fourth-order valence-electron chi connectivity index (χ4n) is 1.24. The molecular weight excluding hydrogens is 323 g/mol. The first kappa shape index (κ1) is 16.4. The number of rotatable bonds is 6.